The Balaban J connectivity index is 1.65. The SMILES string of the molecule is C[C@@H](Oc1cc(-n2cnc3cnc(CO[Si](C)(C)C(C)(C)C)cc32)sc1C(=O)O)c1ccccc1Br. The van der Waals surface area contributed by atoms with Crippen molar-refractivity contribution in [2.24, 2.45) is 0 Å². The van der Waals surface area contributed by atoms with E-state index in [4.69, 9.17) is 9.16 Å². The van der Waals surface area contributed by atoms with Crippen molar-refractivity contribution in [3.63, 3.8) is 0 Å². The first-order valence-corrected chi connectivity index (χ1v) is 16.1. The first-order chi connectivity index (χ1) is 16.9. The number of rotatable bonds is 8. The second-order valence-electron chi connectivity index (χ2n) is 10.2. The quantitative estimate of drug-likeness (QED) is 0.213. The van der Waals surface area contributed by atoms with E-state index in [1.165, 1.54) is 0 Å². The molecule has 0 aliphatic heterocycles. The highest BCUT2D eigenvalue weighted by molar-refractivity contribution is 9.10. The Labute approximate surface area is 224 Å². The zero-order valence-corrected chi connectivity index (χ0v) is 24.6. The van der Waals surface area contributed by atoms with Crippen LogP contribution in [0.4, 0.5) is 0 Å². The Hall–Kier alpha value is -2.53. The lowest BCUT2D eigenvalue weighted by Crippen LogP contribution is -2.40. The Morgan fingerprint density at radius 1 is 1.22 bits per heavy atom. The van der Waals surface area contributed by atoms with Gasteiger partial charge >= 0.3 is 5.97 Å². The van der Waals surface area contributed by atoms with Crippen molar-refractivity contribution in [2.75, 3.05) is 0 Å². The van der Waals surface area contributed by atoms with Gasteiger partial charge in [0, 0.05) is 16.1 Å². The molecule has 190 valence electrons. The minimum absolute atomic E-state index is 0.103. The summed E-state index contributed by atoms with van der Waals surface area (Å²) < 4.78 is 15.3. The summed E-state index contributed by atoms with van der Waals surface area (Å²) in [5.41, 5.74) is 3.30. The highest BCUT2D eigenvalue weighted by Crippen LogP contribution is 2.38. The largest absolute Gasteiger partial charge is 0.484 e. The van der Waals surface area contributed by atoms with Crippen LogP contribution in [0, 0.1) is 0 Å². The summed E-state index contributed by atoms with van der Waals surface area (Å²) in [5, 5.41) is 10.7. The van der Waals surface area contributed by atoms with Crippen molar-refractivity contribution < 1.29 is 19.1 Å². The van der Waals surface area contributed by atoms with E-state index in [0.29, 0.717) is 17.4 Å². The lowest BCUT2D eigenvalue weighted by Gasteiger charge is -2.36. The summed E-state index contributed by atoms with van der Waals surface area (Å²) in [7, 11) is -1.93. The fourth-order valence-electron chi connectivity index (χ4n) is 3.46. The summed E-state index contributed by atoms with van der Waals surface area (Å²) in [4.78, 5) is 21.2. The number of hydrogen-bond acceptors (Lipinski definition) is 6. The molecule has 0 spiro atoms. The number of nitrogens with zero attached hydrogens (tertiary/aromatic N) is 3. The predicted octanol–water partition coefficient (Wildman–Crippen LogP) is 7.60. The minimum Gasteiger partial charge on any atom is -0.484 e. The van der Waals surface area contributed by atoms with Gasteiger partial charge in [-0.05, 0) is 37.2 Å². The molecule has 0 amide bonds. The van der Waals surface area contributed by atoms with Gasteiger partial charge in [0.25, 0.3) is 0 Å². The van der Waals surface area contributed by atoms with Crippen LogP contribution >= 0.6 is 27.3 Å². The summed E-state index contributed by atoms with van der Waals surface area (Å²) in [6, 6.07) is 11.5. The Morgan fingerprint density at radius 3 is 2.61 bits per heavy atom. The third-order valence-electron chi connectivity index (χ3n) is 6.64. The fourth-order valence-corrected chi connectivity index (χ4v) is 5.92. The van der Waals surface area contributed by atoms with Crippen molar-refractivity contribution in [3.8, 4) is 10.8 Å². The third-order valence-corrected chi connectivity index (χ3v) is 12.9. The van der Waals surface area contributed by atoms with Gasteiger partial charge in [-0.15, -0.1) is 11.3 Å². The molecule has 1 N–H and O–H groups in total. The van der Waals surface area contributed by atoms with Gasteiger partial charge in [-0.1, -0.05) is 54.9 Å². The van der Waals surface area contributed by atoms with Crippen LogP contribution in [0.3, 0.4) is 0 Å². The second kappa shape index (κ2) is 10.1. The number of carbonyl (C=O) groups is 1. The van der Waals surface area contributed by atoms with Crippen LogP contribution in [-0.2, 0) is 11.0 Å². The molecule has 0 aliphatic rings. The van der Waals surface area contributed by atoms with Gasteiger partial charge in [0.1, 0.15) is 28.7 Å². The van der Waals surface area contributed by atoms with Gasteiger partial charge in [-0.2, -0.15) is 0 Å². The lowest BCUT2D eigenvalue weighted by atomic mass is 10.1. The summed E-state index contributed by atoms with van der Waals surface area (Å²) >= 11 is 4.69. The number of hydrogen-bond donors (Lipinski definition) is 1. The second-order valence-corrected chi connectivity index (χ2v) is 16.9. The number of imidazole rings is 1. The van der Waals surface area contributed by atoms with E-state index >= 15 is 0 Å². The first-order valence-electron chi connectivity index (χ1n) is 11.6. The van der Waals surface area contributed by atoms with E-state index in [2.05, 4.69) is 59.8 Å². The Bertz CT molecular complexity index is 1410. The van der Waals surface area contributed by atoms with Crippen molar-refractivity contribution in [1.29, 1.82) is 0 Å². The average Bonchev–Trinajstić information content (AvgIpc) is 3.41. The summed E-state index contributed by atoms with van der Waals surface area (Å²) in [6.45, 7) is 13.4. The smallest absolute Gasteiger partial charge is 0.349 e. The number of aromatic carboxylic acids is 1. The molecular formula is C26H30BrN3O4SSi. The molecule has 0 saturated heterocycles. The maximum absolute atomic E-state index is 12.0. The summed E-state index contributed by atoms with van der Waals surface area (Å²) in [5.74, 6) is -0.710. The minimum atomic E-state index is -1.93. The zero-order chi connectivity index (χ0) is 26.3. The van der Waals surface area contributed by atoms with Gasteiger partial charge in [0.05, 0.1) is 24.0 Å². The van der Waals surface area contributed by atoms with Crippen LogP contribution in [0.2, 0.25) is 18.1 Å². The van der Waals surface area contributed by atoms with Gasteiger partial charge in [-0.25, -0.2) is 9.78 Å². The number of halogens is 1. The van der Waals surface area contributed by atoms with Crippen LogP contribution < -0.4 is 4.74 Å². The van der Waals surface area contributed by atoms with Crippen molar-refractivity contribution in [2.45, 2.75) is 58.5 Å². The standard InChI is InChI=1S/C26H30BrN3O4SSi/c1-16(18-9-7-8-10-19(18)27)34-22-12-23(35-24(22)25(31)32)30-15-29-20-13-28-17(11-21(20)30)14-33-36(5,6)26(2,3)4/h7-13,15-16H,14H2,1-6H3,(H,31,32)/t16-/m1/s1. The molecule has 1 atom stereocenters. The van der Waals surface area contributed by atoms with Crippen LogP contribution in [0.5, 0.6) is 5.75 Å². The van der Waals surface area contributed by atoms with Crippen LogP contribution in [-0.4, -0.2) is 33.9 Å². The molecule has 0 radical (unpaired) electrons. The zero-order valence-electron chi connectivity index (χ0n) is 21.2. The molecule has 4 aromatic rings. The number of ether oxygens (including phenoxy) is 1. The number of thiophene rings is 1. The highest BCUT2D eigenvalue weighted by Gasteiger charge is 2.37. The van der Waals surface area contributed by atoms with Crippen LogP contribution in [0.1, 0.15) is 54.7 Å². The molecular weight excluding hydrogens is 558 g/mol. The topological polar surface area (TPSA) is 86.5 Å². The number of carboxylic acid groups (broad SMARTS) is 1. The van der Waals surface area contributed by atoms with E-state index < -0.39 is 14.3 Å². The molecule has 1 aromatic carbocycles. The first kappa shape index (κ1) is 26.5. The Kier molecular flexibility index (Phi) is 7.43. The third kappa shape index (κ3) is 5.41. The molecule has 3 aromatic heterocycles. The van der Waals surface area contributed by atoms with E-state index in [1.807, 2.05) is 41.8 Å². The fraction of sp³-hybridized carbons (Fsp3) is 0.346. The molecule has 4 rings (SSSR count). The van der Waals surface area contributed by atoms with Gasteiger partial charge in [0.2, 0.25) is 0 Å². The molecule has 36 heavy (non-hydrogen) atoms. The molecule has 10 heteroatoms. The van der Waals surface area contributed by atoms with E-state index in [9.17, 15) is 9.90 Å². The molecule has 0 unspecified atom stereocenters. The molecule has 0 fully saturated rings. The highest BCUT2D eigenvalue weighted by atomic mass is 79.9. The van der Waals surface area contributed by atoms with Crippen molar-refractivity contribution in [3.05, 3.63) is 69.5 Å². The maximum atomic E-state index is 12.0. The number of aromatic nitrogens is 3. The number of benzene rings is 1. The normalized spacial score (nSPS) is 13.2. The number of carboxylic acids is 1. The Morgan fingerprint density at radius 2 is 1.94 bits per heavy atom. The summed E-state index contributed by atoms with van der Waals surface area (Å²) in [6.07, 6.45) is 3.07. The number of fused-ring (bicyclic) bond motifs is 1. The lowest BCUT2D eigenvalue weighted by molar-refractivity contribution is 0.0695. The van der Waals surface area contributed by atoms with E-state index in [-0.39, 0.29) is 16.0 Å². The molecule has 7 nitrogen and oxygen atoms in total. The monoisotopic (exact) mass is 587 g/mol. The van der Waals surface area contributed by atoms with Crippen LogP contribution in [0.15, 0.2) is 53.4 Å². The van der Waals surface area contributed by atoms with Crippen molar-refractivity contribution >= 4 is 52.6 Å². The molecule has 3 heterocycles. The van der Waals surface area contributed by atoms with E-state index in [1.54, 1.807) is 18.6 Å². The predicted molar refractivity (Wildman–Crippen MR) is 149 cm³/mol. The molecule has 0 saturated carbocycles. The molecule has 0 bridgehead atoms. The van der Waals surface area contributed by atoms with Gasteiger partial charge < -0.3 is 14.3 Å². The van der Waals surface area contributed by atoms with Gasteiger partial charge in [0.15, 0.2) is 13.2 Å². The number of pyridine rings is 1. The van der Waals surface area contributed by atoms with Crippen molar-refractivity contribution in [1.82, 2.24) is 14.5 Å². The van der Waals surface area contributed by atoms with Crippen LogP contribution in [0.25, 0.3) is 16.0 Å². The average molecular weight is 589 g/mol. The van der Waals surface area contributed by atoms with E-state index in [0.717, 1.165) is 38.1 Å². The maximum Gasteiger partial charge on any atom is 0.349 e. The molecule has 0 aliphatic carbocycles. The van der Waals surface area contributed by atoms with Gasteiger partial charge in [-0.3, -0.25) is 9.55 Å².